The number of hydrogen-bond donors (Lipinski definition) is 2. The van der Waals surface area contributed by atoms with Crippen LogP contribution >= 0.6 is 0 Å². The highest BCUT2D eigenvalue weighted by atomic mass is 16.5. The van der Waals surface area contributed by atoms with E-state index in [9.17, 15) is 4.79 Å². The van der Waals surface area contributed by atoms with Crippen LogP contribution in [0, 0.1) is 0 Å². The molecule has 3 aromatic rings. The lowest BCUT2D eigenvalue weighted by molar-refractivity contribution is 0.327. The van der Waals surface area contributed by atoms with E-state index < -0.39 is 0 Å². The van der Waals surface area contributed by atoms with Gasteiger partial charge in [-0.15, -0.1) is 0 Å². The Balaban J connectivity index is 1.69. The molecule has 1 aliphatic rings. The van der Waals surface area contributed by atoms with Crippen molar-refractivity contribution in [2.45, 2.75) is 6.54 Å². The van der Waals surface area contributed by atoms with E-state index in [-0.39, 0.29) is 5.56 Å². The quantitative estimate of drug-likeness (QED) is 0.719. The normalized spacial score (nSPS) is 14.6. The second-order valence-corrected chi connectivity index (χ2v) is 6.55. The van der Waals surface area contributed by atoms with E-state index in [4.69, 9.17) is 9.47 Å². The maximum Gasteiger partial charge on any atom is 0.262 e. The highest BCUT2D eigenvalue weighted by molar-refractivity contribution is 5.87. The average Bonchev–Trinajstić information content (AvgIpc) is 3.20. The van der Waals surface area contributed by atoms with Crippen LogP contribution in [0.25, 0.3) is 22.3 Å². The van der Waals surface area contributed by atoms with Gasteiger partial charge < -0.3 is 19.8 Å². The summed E-state index contributed by atoms with van der Waals surface area (Å²) in [6.45, 7) is 3.92. The van der Waals surface area contributed by atoms with Crippen LogP contribution in [-0.2, 0) is 6.54 Å². The summed E-state index contributed by atoms with van der Waals surface area (Å²) in [6.07, 6.45) is 0. The lowest BCUT2D eigenvalue weighted by atomic mass is 10.1. The van der Waals surface area contributed by atoms with E-state index in [1.807, 2.05) is 12.1 Å². The SMILES string of the molecule is COc1cc(OC)c2c(=O)[nH]c(-c3ccc(CN4CCNC4)cc3)nc2c1. The summed E-state index contributed by atoms with van der Waals surface area (Å²) in [5, 5.41) is 3.74. The summed E-state index contributed by atoms with van der Waals surface area (Å²) < 4.78 is 10.6. The van der Waals surface area contributed by atoms with Gasteiger partial charge in [0.1, 0.15) is 22.7 Å². The number of H-pyrrole nitrogens is 1. The molecule has 0 aliphatic carbocycles. The van der Waals surface area contributed by atoms with Crippen LogP contribution in [0.1, 0.15) is 5.56 Å². The molecule has 140 valence electrons. The van der Waals surface area contributed by atoms with Crippen molar-refractivity contribution < 1.29 is 9.47 Å². The second kappa shape index (κ2) is 7.38. The van der Waals surface area contributed by atoms with Gasteiger partial charge in [-0.2, -0.15) is 0 Å². The fraction of sp³-hybridized carbons (Fsp3) is 0.300. The van der Waals surface area contributed by atoms with Gasteiger partial charge in [-0.05, 0) is 5.56 Å². The fourth-order valence-corrected chi connectivity index (χ4v) is 3.34. The molecule has 4 rings (SSSR count). The van der Waals surface area contributed by atoms with E-state index >= 15 is 0 Å². The first-order valence-electron chi connectivity index (χ1n) is 8.86. The number of ether oxygens (including phenoxy) is 2. The Kier molecular flexibility index (Phi) is 4.79. The van der Waals surface area contributed by atoms with Crippen LogP contribution in [0.3, 0.4) is 0 Å². The Morgan fingerprint density at radius 1 is 1.15 bits per heavy atom. The molecule has 7 heteroatoms. The minimum atomic E-state index is -0.235. The van der Waals surface area contributed by atoms with Crippen molar-refractivity contribution in [1.29, 1.82) is 0 Å². The van der Waals surface area contributed by atoms with E-state index in [0.29, 0.717) is 28.2 Å². The highest BCUT2D eigenvalue weighted by Crippen LogP contribution is 2.28. The lowest BCUT2D eigenvalue weighted by Crippen LogP contribution is -2.21. The minimum absolute atomic E-state index is 0.235. The van der Waals surface area contributed by atoms with Crippen LogP contribution < -0.4 is 20.3 Å². The monoisotopic (exact) mass is 366 g/mol. The Labute approximate surface area is 156 Å². The number of aromatic nitrogens is 2. The average molecular weight is 366 g/mol. The zero-order valence-electron chi connectivity index (χ0n) is 15.4. The molecule has 2 N–H and O–H groups in total. The molecular weight excluding hydrogens is 344 g/mol. The molecule has 27 heavy (non-hydrogen) atoms. The third-order valence-electron chi connectivity index (χ3n) is 4.78. The first kappa shape index (κ1) is 17.5. The molecule has 1 saturated heterocycles. The molecular formula is C20H22N4O3. The van der Waals surface area contributed by atoms with Crippen molar-refractivity contribution in [1.82, 2.24) is 20.2 Å². The third kappa shape index (κ3) is 3.51. The topological polar surface area (TPSA) is 79.5 Å². The van der Waals surface area contributed by atoms with E-state index in [1.165, 1.54) is 12.7 Å². The van der Waals surface area contributed by atoms with Gasteiger partial charge in [-0.3, -0.25) is 9.69 Å². The number of nitrogens with one attached hydrogen (secondary N) is 2. The zero-order valence-corrected chi connectivity index (χ0v) is 15.4. The predicted octanol–water partition coefficient (Wildman–Crippen LogP) is 1.97. The summed E-state index contributed by atoms with van der Waals surface area (Å²) in [5.41, 5.74) is 2.40. The summed E-state index contributed by atoms with van der Waals surface area (Å²) in [6, 6.07) is 11.5. The summed E-state index contributed by atoms with van der Waals surface area (Å²) in [5.74, 6) is 1.56. The van der Waals surface area contributed by atoms with Crippen LogP contribution in [0.15, 0.2) is 41.2 Å². The van der Waals surface area contributed by atoms with Crippen LogP contribution in [0.2, 0.25) is 0 Å². The van der Waals surface area contributed by atoms with Gasteiger partial charge >= 0.3 is 0 Å². The van der Waals surface area contributed by atoms with Gasteiger partial charge in [0.05, 0.1) is 19.7 Å². The number of benzene rings is 2. The molecule has 0 amide bonds. The van der Waals surface area contributed by atoms with Crippen molar-refractivity contribution in [3.05, 3.63) is 52.3 Å². The molecule has 7 nitrogen and oxygen atoms in total. The van der Waals surface area contributed by atoms with Gasteiger partial charge in [-0.1, -0.05) is 24.3 Å². The number of fused-ring (bicyclic) bond motifs is 1. The number of nitrogens with zero attached hydrogens (tertiary/aromatic N) is 2. The van der Waals surface area contributed by atoms with E-state index in [2.05, 4.69) is 32.3 Å². The van der Waals surface area contributed by atoms with Gasteiger partial charge in [-0.25, -0.2) is 4.98 Å². The highest BCUT2D eigenvalue weighted by Gasteiger charge is 2.14. The van der Waals surface area contributed by atoms with Crippen LogP contribution in [0.5, 0.6) is 11.5 Å². The van der Waals surface area contributed by atoms with Crippen molar-refractivity contribution in [2.75, 3.05) is 34.0 Å². The zero-order chi connectivity index (χ0) is 18.8. The van der Waals surface area contributed by atoms with Crippen molar-refractivity contribution in [3.8, 4) is 22.9 Å². The van der Waals surface area contributed by atoms with E-state index in [1.54, 1.807) is 19.2 Å². The number of aromatic amines is 1. The van der Waals surface area contributed by atoms with Crippen molar-refractivity contribution >= 4 is 10.9 Å². The first-order valence-corrected chi connectivity index (χ1v) is 8.86. The van der Waals surface area contributed by atoms with Gasteiger partial charge in [0.15, 0.2) is 0 Å². The van der Waals surface area contributed by atoms with E-state index in [0.717, 1.165) is 31.9 Å². The number of hydrogen-bond acceptors (Lipinski definition) is 6. The Hall–Kier alpha value is -2.90. The largest absolute Gasteiger partial charge is 0.497 e. The standard InChI is InChI=1S/C20H22N4O3/c1-26-15-9-16-18(17(10-15)27-2)20(25)23-19(22-16)14-5-3-13(4-6-14)11-24-8-7-21-12-24/h3-6,9-10,21H,7-8,11-12H2,1-2H3,(H,22,23,25). The van der Waals surface area contributed by atoms with Crippen molar-refractivity contribution in [3.63, 3.8) is 0 Å². The predicted molar refractivity (Wildman–Crippen MR) is 104 cm³/mol. The van der Waals surface area contributed by atoms with Gasteiger partial charge in [0.2, 0.25) is 0 Å². The van der Waals surface area contributed by atoms with Crippen LogP contribution in [-0.4, -0.2) is 48.8 Å². The summed E-state index contributed by atoms with van der Waals surface area (Å²) in [7, 11) is 3.10. The Morgan fingerprint density at radius 3 is 2.63 bits per heavy atom. The molecule has 0 spiro atoms. The Morgan fingerprint density at radius 2 is 1.96 bits per heavy atom. The molecule has 0 radical (unpaired) electrons. The molecule has 0 bridgehead atoms. The molecule has 0 saturated carbocycles. The minimum Gasteiger partial charge on any atom is -0.497 e. The maximum atomic E-state index is 12.6. The molecule has 0 unspecified atom stereocenters. The summed E-state index contributed by atoms with van der Waals surface area (Å²) in [4.78, 5) is 22.5. The Bertz CT molecular complexity index is 1010. The van der Waals surface area contributed by atoms with Crippen LogP contribution in [0.4, 0.5) is 0 Å². The lowest BCUT2D eigenvalue weighted by Gasteiger charge is -2.14. The van der Waals surface area contributed by atoms with Gasteiger partial charge in [0.25, 0.3) is 5.56 Å². The molecule has 2 aromatic carbocycles. The van der Waals surface area contributed by atoms with Gasteiger partial charge in [0, 0.05) is 44.0 Å². The summed E-state index contributed by atoms with van der Waals surface area (Å²) >= 11 is 0. The molecule has 1 aliphatic heterocycles. The maximum absolute atomic E-state index is 12.6. The third-order valence-corrected chi connectivity index (χ3v) is 4.78. The second-order valence-electron chi connectivity index (χ2n) is 6.55. The number of methoxy groups -OCH3 is 2. The molecule has 1 aromatic heterocycles. The molecule has 0 atom stereocenters. The first-order chi connectivity index (χ1) is 13.2. The molecule has 2 heterocycles. The number of rotatable bonds is 5. The van der Waals surface area contributed by atoms with Crippen molar-refractivity contribution in [2.24, 2.45) is 0 Å². The smallest absolute Gasteiger partial charge is 0.262 e. The molecule has 1 fully saturated rings. The fourth-order valence-electron chi connectivity index (χ4n) is 3.34.